The second kappa shape index (κ2) is 16.3. The van der Waals surface area contributed by atoms with Gasteiger partial charge < -0.3 is 15.0 Å². The lowest BCUT2D eigenvalue weighted by Crippen LogP contribution is -2.37. The molecule has 9 nitrogen and oxygen atoms in total. The first-order chi connectivity index (χ1) is 17.9. The van der Waals surface area contributed by atoms with Crippen LogP contribution in [0.5, 0.6) is 0 Å². The van der Waals surface area contributed by atoms with Crippen LogP contribution in [-0.4, -0.2) is 50.2 Å². The van der Waals surface area contributed by atoms with Crippen molar-refractivity contribution in [1.82, 2.24) is 15.8 Å². The summed E-state index contributed by atoms with van der Waals surface area (Å²) in [7, 11) is 3.31. The number of aliphatic imine (C=N–C) groups is 1. The Kier molecular flexibility index (Phi) is 13.5. The third-order valence-electron chi connectivity index (χ3n) is 4.84. The summed E-state index contributed by atoms with van der Waals surface area (Å²) in [6.07, 6.45) is 8.29. The van der Waals surface area contributed by atoms with Crippen molar-refractivity contribution < 1.29 is 19.1 Å². The molecule has 0 aliphatic heterocycles. The highest BCUT2D eigenvalue weighted by molar-refractivity contribution is 6.14. The van der Waals surface area contributed by atoms with Gasteiger partial charge >= 0.3 is 5.97 Å². The van der Waals surface area contributed by atoms with Crippen LogP contribution in [0.1, 0.15) is 42.4 Å². The van der Waals surface area contributed by atoms with Gasteiger partial charge in [0.15, 0.2) is 5.82 Å². The fourth-order valence-corrected chi connectivity index (χ4v) is 3.52. The fraction of sp³-hybridized carbons (Fsp3) is 0.250. The van der Waals surface area contributed by atoms with E-state index < -0.39 is 5.97 Å². The van der Waals surface area contributed by atoms with E-state index in [4.69, 9.17) is 14.5 Å². The second-order valence-corrected chi connectivity index (χ2v) is 7.22. The molecule has 1 amide bonds. The van der Waals surface area contributed by atoms with Crippen LogP contribution >= 0.6 is 0 Å². The second-order valence-electron chi connectivity index (χ2n) is 7.22. The first-order valence-electron chi connectivity index (χ1n) is 11.7. The summed E-state index contributed by atoms with van der Waals surface area (Å²) in [6, 6.07) is 9.40. The Hall–Kier alpha value is -4.37. The number of anilines is 1. The molecule has 1 heterocycles. The molecule has 9 heteroatoms. The number of pyridine rings is 1. The van der Waals surface area contributed by atoms with E-state index in [0.29, 0.717) is 46.1 Å². The minimum atomic E-state index is -0.507. The van der Waals surface area contributed by atoms with Gasteiger partial charge in [-0.3, -0.25) is 14.7 Å². The monoisotopic (exact) mass is 505 g/mol. The molecular weight excluding hydrogens is 470 g/mol. The molecule has 0 saturated heterocycles. The fourth-order valence-electron chi connectivity index (χ4n) is 3.52. The number of aromatic nitrogens is 1. The highest BCUT2D eigenvalue weighted by Gasteiger charge is 2.30. The SMILES string of the molecule is C=C/C=C(\C=C/C)N(C=O)c1nc(C)c(C(=O)OCC)c(-c2ccccc2)c1C(=NC)NNC.CC=O. The minimum Gasteiger partial charge on any atom is -0.462 e. The molecule has 0 fully saturated rings. The normalized spacial score (nSPS) is 11.3. The molecule has 0 spiro atoms. The molecule has 0 radical (unpaired) electrons. The Balaban J connectivity index is 0.00000217. The number of hydrogen-bond donors (Lipinski definition) is 2. The van der Waals surface area contributed by atoms with Crippen LogP contribution in [0.15, 0.2) is 71.9 Å². The van der Waals surface area contributed by atoms with Gasteiger partial charge in [0.1, 0.15) is 12.1 Å². The molecule has 2 rings (SSSR count). The number of carbonyl (C=O) groups is 3. The van der Waals surface area contributed by atoms with Gasteiger partial charge in [-0.05, 0) is 45.4 Å². The molecule has 0 aliphatic carbocycles. The van der Waals surface area contributed by atoms with Crippen LogP contribution in [0.2, 0.25) is 0 Å². The molecule has 1 aromatic heterocycles. The summed E-state index contributed by atoms with van der Waals surface area (Å²) >= 11 is 0. The van der Waals surface area contributed by atoms with Gasteiger partial charge in [-0.1, -0.05) is 49.1 Å². The predicted molar refractivity (Wildman–Crippen MR) is 148 cm³/mol. The van der Waals surface area contributed by atoms with Crippen molar-refractivity contribution in [2.75, 3.05) is 25.6 Å². The van der Waals surface area contributed by atoms with E-state index in [2.05, 4.69) is 22.4 Å². The van der Waals surface area contributed by atoms with Crippen LogP contribution in [0.3, 0.4) is 0 Å². The molecule has 0 unspecified atom stereocenters. The highest BCUT2D eigenvalue weighted by atomic mass is 16.5. The number of allylic oxidation sites excluding steroid dienone is 4. The van der Waals surface area contributed by atoms with E-state index >= 15 is 0 Å². The van der Waals surface area contributed by atoms with Crippen molar-refractivity contribution in [1.29, 1.82) is 0 Å². The zero-order chi connectivity index (χ0) is 27.8. The highest BCUT2D eigenvalue weighted by Crippen LogP contribution is 2.36. The zero-order valence-electron chi connectivity index (χ0n) is 22.2. The summed E-state index contributed by atoms with van der Waals surface area (Å²) in [6.45, 7) is 10.7. The quantitative estimate of drug-likeness (QED) is 0.125. The number of carbonyl (C=O) groups excluding carboxylic acids is 3. The molecule has 0 bridgehead atoms. The summed E-state index contributed by atoms with van der Waals surface area (Å²) in [5.41, 5.74) is 8.90. The van der Waals surface area contributed by atoms with Crippen LogP contribution in [0.4, 0.5) is 5.82 Å². The van der Waals surface area contributed by atoms with Crippen LogP contribution in [0.25, 0.3) is 11.1 Å². The first kappa shape index (κ1) is 30.7. The molecule has 2 N–H and O–H groups in total. The molecular formula is C28H35N5O4. The van der Waals surface area contributed by atoms with E-state index in [1.165, 1.54) is 11.8 Å². The number of esters is 1. The van der Waals surface area contributed by atoms with Crippen molar-refractivity contribution in [2.45, 2.75) is 27.7 Å². The molecule has 0 saturated carbocycles. The Morgan fingerprint density at radius 1 is 1.19 bits per heavy atom. The third kappa shape index (κ3) is 7.81. The van der Waals surface area contributed by atoms with E-state index in [1.807, 2.05) is 43.3 Å². The van der Waals surface area contributed by atoms with Crippen molar-refractivity contribution in [3.63, 3.8) is 0 Å². The summed E-state index contributed by atoms with van der Waals surface area (Å²) in [5.74, 6) is 0.181. The van der Waals surface area contributed by atoms with Gasteiger partial charge in [0.05, 0.1) is 23.4 Å². The van der Waals surface area contributed by atoms with E-state index in [1.54, 1.807) is 46.2 Å². The van der Waals surface area contributed by atoms with E-state index in [0.717, 1.165) is 11.8 Å². The van der Waals surface area contributed by atoms with Gasteiger partial charge in [-0.25, -0.2) is 15.2 Å². The first-order valence-corrected chi connectivity index (χ1v) is 11.7. The lowest BCUT2D eigenvalue weighted by atomic mass is 9.92. The summed E-state index contributed by atoms with van der Waals surface area (Å²) in [5, 5.41) is 0. The van der Waals surface area contributed by atoms with Crippen molar-refractivity contribution >= 4 is 30.3 Å². The average Bonchev–Trinajstić information content (AvgIpc) is 2.89. The summed E-state index contributed by atoms with van der Waals surface area (Å²) in [4.78, 5) is 44.8. The number of rotatable bonds is 10. The van der Waals surface area contributed by atoms with Crippen molar-refractivity contribution in [3.05, 3.63) is 83.7 Å². The maximum atomic E-state index is 13.1. The Morgan fingerprint density at radius 2 is 1.84 bits per heavy atom. The van der Waals surface area contributed by atoms with Gasteiger partial charge in [0.25, 0.3) is 0 Å². The molecule has 2 aromatic rings. The van der Waals surface area contributed by atoms with Crippen LogP contribution in [-0.2, 0) is 14.3 Å². The zero-order valence-corrected chi connectivity index (χ0v) is 22.2. The standard InChI is InChI=1S/C26H31N5O3.C2H4O/c1-7-13-20(14-8-2)31(17-32)25-23(24(27-5)30-28-6)22(19-15-11-10-12-16-19)21(18(4)29-25)26(33)34-9-3;1-2-3/h7-8,10-17,28H,1,9H2,2-6H3,(H,27,30);2H,1H3/b14-8-,20-13+;. The van der Waals surface area contributed by atoms with E-state index in [-0.39, 0.29) is 6.61 Å². The number of hydrogen-bond acceptors (Lipinski definition) is 7. The lowest BCUT2D eigenvalue weighted by Gasteiger charge is -2.26. The molecule has 1 aromatic carbocycles. The number of nitrogens with zero attached hydrogens (tertiary/aromatic N) is 3. The van der Waals surface area contributed by atoms with Crippen LogP contribution < -0.4 is 15.8 Å². The lowest BCUT2D eigenvalue weighted by molar-refractivity contribution is -0.107. The number of hydrazine groups is 1. The smallest absolute Gasteiger partial charge is 0.340 e. The van der Waals surface area contributed by atoms with Gasteiger partial charge in [-0.15, -0.1) is 0 Å². The topological polar surface area (TPSA) is 113 Å². The minimum absolute atomic E-state index is 0.209. The number of amidine groups is 1. The van der Waals surface area contributed by atoms with Gasteiger partial charge in [-0.2, -0.15) is 0 Å². The third-order valence-corrected chi connectivity index (χ3v) is 4.84. The maximum absolute atomic E-state index is 13.1. The van der Waals surface area contributed by atoms with Crippen LogP contribution in [0, 0.1) is 6.92 Å². The largest absolute Gasteiger partial charge is 0.462 e. The number of nitrogens with one attached hydrogen (secondary N) is 2. The molecule has 37 heavy (non-hydrogen) atoms. The number of aldehydes is 1. The molecule has 0 aliphatic rings. The van der Waals surface area contributed by atoms with Gasteiger partial charge in [0.2, 0.25) is 6.41 Å². The Labute approximate surface area is 218 Å². The van der Waals surface area contributed by atoms with Crippen molar-refractivity contribution in [2.24, 2.45) is 4.99 Å². The number of aryl methyl sites for hydroxylation is 1. The van der Waals surface area contributed by atoms with Crippen molar-refractivity contribution in [3.8, 4) is 11.1 Å². The number of benzene rings is 1. The Morgan fingerprint density at radius 3 is 2.32 bits per heavy atom. The molecule has 196 valence electrons. The Bertz CT molecular complexity index is 1170. The molecule has 0 atom stereocenters. The number of amides is 1. The van der Waals surface area contributed by atoms with Gasteiger partial charge in [0, 0.05) is 25.4 Å². The average molecular weight is 506 g/mol. The maximum Gasteiger partial charge on any atom is 0.340 e. The number of ether oxygens (including phenoxy) is 1. The van der Waals surface area contributed by atoms with E-state index in [9.17, 15) is 9.59 Å². The predicted octanol–water partition coefficient (Wildman–Crippen LogP) is 4.15. The summed E-state index contributed by atoms with van der Waals surface area (Å²) < 4.78 is 5.38.